The van der Waals surface area contributed by atoms with Gasteiger partial charge in [-0.15, -0.1) is 5.10 Å². The first kappa shape index (κ1) is 18.5. The van der Waals surface area contributed by atoms with E-state index in [4.69, 9.17) is 16.3 Å². The van der Waals surface area contributed by atoms with Gasteiger partial charge in [0.2, 0.25) is 5.82 Å². The first-order chi connectivity index (χ1) is 13.5. The van der Waals surface area contributed by atoms with Crippen molar-refractivity contribution in [1.82, 2.24) is 14.8 Å². The summed E-state index contributed by atoms with van der Waals surface area (Å²) in [6.45, 7) is 3.81. The Morgan fingerprint density at radius 2 is 1.93 bits per heavy atom. The summed E-state index contributed by atoms with van der Waals surface area (Å²) in [5.41, 5.74) is 1.39. The van der Waals surface area contributed by atoms with Crippen molar-refractivity contribution >= 4 is 23.2 Å². The van der Waals surface area contributed by atoms with E-state index in [9.17, 15) is 4.79 Å². The van der Waals surface area contributed by atoms with Gasteiger partial charge in [0.25, 0.3) is 5.91 Å². The Morgan fingerprint density at radius 1 is 1.18 bits per heavy atom. The molecule has 0 radical (unpaired) electrons. The molecule has 144 valence electrons. The molecule has 1 aromatic heterocycles. The zero-order chi connectivity index (χ0) is 19.7. The minimum atomic E-state index is -0.396. The van der Waals surface area contributed by atoms with Crippen LogP contribution in [0.25, 0.3) is 5.69 Å². The van der Waals surface area contributed by atoms with Crippen LogP contribution in [0.1, 0.15) is 49.1 Å². The monoisotopic (exact) mass is 396 g/mol. The maximum atomic E-state index is 12.9. The standard InChI is InChI=1S/C21H21ClN4O2/c1-13(2)28-18-16(22)9-6-10-17(18)23-21(27)19-24-20(14-11-12-14)26(25-19)15-7-4-3-5-8-15/h3-10,13-14H,11-12H2,1-2H3,(H,23,27). The highest BCUT2D eigenvalue weighted by atomic mass is 35.5. The molecular weight excluding hydrogens is 376 g/mol. The molecule has 1 fully saturated rings. The number of hydrogen-bond acceptors (Lipinski definition) is 4. The van der Waals surface area contributed by atoms with E-state index >= 15 is 0 Å². The number of nitrogens with zero attached hydrogens (tertiary/aromatic N) is 3. The second-order valence-corrected chi connectivity index (χ2v) is 7.46. The molecule has 1 heterocycles. The summed E-state index contributed by atoms with van der Waals surface area (Å²) in [7, 11) is 0. The lowest BCUT2D eigenvalue weighted by molar-refractivity contribution is 0.101. The van der Waals surface area contributed by atoms with E-state index in [1.54, 1.807) is 22.9 Å². The lowest BCUT2D eigenvalue weighted by Crippen LogP contribution is -2.16. The van der Waals surface area contributed by atoms with Gasteiger partial charge in [-0.2, -0.15) is 0 Å². The molecule has 0 atom stereocenters. The third-order valence-electron chi connectivity index (χ3n) is 4.35. The summed E-state index contributed by atoms with van der Waals surface area (Å²) in [4.78, 5) is 17.4. The number of benzene rings is 2. The van der Waals surface area contributed by atoms with E-state index in [0.29, 0.717) is 22.4 Å². The molecule has 1 N–H and O–H groups in total. The fraction of sp³-hybridized carbons (Fsp3) is 0.286. The summed E-state index contributed by atoms with van der Waals surface area (Å²) in [5, 5.41) is 7.75. The quantitative estimate of drug-likeness (QED) is 0.647. The third kappa shape index (κ3) is 3.87. The number of halogens is 1. The van der Waals surface area contributed by atoms with Gasteiger partial charge in [-0.25, -0.2) is 9.67 Å². The first-order valence-corrected chi connectivity index (χ1v) is 9.69. The number of anilines is 1. The van der Waals surface area contributed by atoms with Crippen molar-refractivity contribution in [1.29, 1.82) is 0 Å². The van der Waals surface area contributed by atoms with Gasteiger partial charge in [-0.3, -0.25) is 4.79 Å². The number of carbonyl (C=O) groups is 1. The minimum absolute atomic E-state index is 0.0764. The number of hydrogen-bond donors (Lipinski definition) is 1. The Balaban J connectivity index is 1.64. The molecule has 7 heteroatoms. The SMILES string of the molecule is CC(C)Oc1c(Cl)cccc1NC(=O)c1nc(C2CC2)n(-c2ccccc2)n1. The van der Waals surface area contributed by atoms with E-state index in [2.05, 4.69) is 15.4 Å². The minimum Gasteiger partial charge on any atom is -0.487 e. The van der Waals surface area contributed by atoms with Crippen LogP contribution in [0.4, 0.5) is 5.69 Å². The maximum Gasteiger partial charge on any atom is 0.295 e. The van der Waals surface area contributed by atoms with Gasteiger partial charge in [-0.05, 0) is 51.0 Å². The summed E-state index contributed by atoms with van der Waals surface area (Å²) >= 11 is 6.25. The Bertz CT molecular complexity index is 997. The first-order valence-electron chi connectivity index (χ1n) is 9.32. The van der Waals surface area contributed by atoms with E-state index < -0.39 is 5.91 Å². The molecule has 0 saturated heterocycles. The van der Waals surface area contributed by atoms with Crippen LogP contribution >= 0.6 is 11.6 Å². The van der Waals surface area contributed by atoms with Crippen LogP contribution < -0.4 is 10.1 Å². The molecular formula is C21H21ClN4O2. The molecule has 1 saturated carbocycles. The molecule has 0 spiro atoms. The van der Waals surface area contributed by atoms with Gasteiger partial charge >= 0.3 is 0 Å². The maximum absolute atomic E-state index is 12.9. The number of carbonyl (C=O) groups excluding carboxylic acids is 1. The molecule has 0 bridgehead atoms. The Hall–Kier alpha value is -2.86. The largest absolute Gasteiger partial charge is 0.487 e. The topological polar surface area (TPSA) is 69.0 Å². The number of ether oxygens (including phenoxy) is 1. The molecule has 0 unspecified atom stereocenters. The van der Waals surface area contributed by atoms with E-state index in [0.717, 1.165) is 24.4 Å². The number of aromatic nitrogens is 3. The van der Waals surface area contributed by atoms with E-state index in [1.165, 1.54) is 0 Å². The lowest BCUT2D eigenvalue weighted by atomic mass is 10.2. The van der Waals surface area contributed by atoms with Crippen molar-refractivity contribution < 1.29 is 9.53 Å². The highest BCUT2D eigenvalue weighted by Crippen LogP contribution is 2.40. The Kier molecular flexibility index (Phi) is 5.05. The van der Waals surface area contributed by atoms with E-state index in [1.807, 2.05) is 44.2 Å². The third-order valence-corrected chi connectivity index (χ3v) is 4.64. The summed E-state index contributed by atoms with van der Waals surface area (Å²) < 4.78 is 7.53. The van der Waals surface area contributed by atoms with Crippen LogP contribution in [0.15, 0.2) is 48.5 Å². The van der Waals surface area contributed by atoms with E-state index in [-0.39, 0.29) is 11.9 Å². The van der Waals surface area contributed by atoms with Crippen LogP contribution in [0.3, 0.4) is 0 Å². The number of amides is 1. The molecule has 4 rings (SSSR count). The number of para-hydroxylation sites is 2. The van der Waals surface area contributed by atoms with Gasteiger partial charge in [-0.1, -0.05) is 35.9 Å². The van der Waals surface area contributed by atoms with Crippen molar-refractivity contribution in [3.05, 3.63) is 65.2 Å². The smallest absolute Gasteiger partial charge is 0.295 e. The highest BCUT2D eigenvalue weighted by Gasteiger charge is 2.31. The molecule has 3 aromatic rings. The van der Waals surface area contributed by atoms with Crippen molar-refractivity contribution in [2.24, 2.45) is 0 Å². The molecule has 28 heavy (non-hydrogen) atoms. The van der Waals surface area contributed by atoms with Gasteiger partial charge in [0, 0.05) is 5.92 Å². The fourth-order valence-electron chi connectivity index (χ4n) is 2.93. The number of rotatable bonds is 6. The zero-order valence-corrected chi connectivity index (χ0v) is 16.5. The molecule has 6 nitrogen and oxygen atoms in total. The molecule has 0 aliphatic heterocycles. The predicted molar refractivity (Wildman–Crippen MR) is 109 cm³/mol. The molecule has 1 aliphatic rings. The van der Waals surface area contributed by atoms with Crippen molar-refractivity contribution in [2.45, 2.75) is 38.7 Å². The summed E-state index contributed by atoms with van der Waals surface area (Å²) in [6, 6.07) is 15.0. The second kappa shape index (κ2) is 7.64. The van der Waals surface area contributed by atoms with Crippen LogP contribution in [-0.2, 0) is 0 Å². The van der Waals surface area contributed by atoms with Gasteiger partial charge in [0.15, 0.2) is 5.75 Å². The van der Waals surface area contributed by atoms with Crippen LogP contribution in [0.5, 0.6) is 5.75 Å². The highest BCUT2D eigenvalue weighted by molar-refractivity contribution is 6.32. The van der Waals surface area contributed by atoms with Gasteiger partial charge < -0.3 is 10.1 Å². The number of nitrogens with one attached hydrogen (secondary N) is 1. The summed E-state index contributed by atoms with van der Waals surface area (Å²) in [6.07, 6.45) is 2.05. The molecule has 1 aliphatic carbocycles. The fourth-order valence-corrected chi connectivity index (χ4v) is 3.15. The van der Waals surface area contributed by atoms with Crippen LogP contribution in [0, 0.1) is 0 Å². The average molecular weight is 397 g/mol. The van der Waals surface area contributed by atoms with Crippen LogP contribution in [0.2, 0.25) is 5.02 Å². The average Bonchev–Trinajstić information content (AvgIpc) is 3.43. The van der Waals surface area contributed by atoms with Crippen molar-refractivity contribution in [3.8, 4) is 11.4 Å². The predicted octanol–water partition coefficient (Wildman–Crippen LogP) is 4.84. The molecule has 1 amide bonds. The lowest BCUT2D eigenvalue weighted by Gasteiger charge is -2.15. The summed E-state index contributed by atoms with van der Waals surface area (Å²) in [5.74, 6) is 1.34. The molecule has 2 aromatic carbocycles. The normalized spacial score (nSPS) is 13.6. The zero-order valence-electron chi connectivity index (χ0n) is 15.7. The van der Waals surface area contributed by atoms with Crippen molar-refractivity contribution in [2.75, 3.05) is 5.32 Å². The Morgan fingerprint density at radius 3 is 2.61 bits per heavy atom. The van der Waals surface area contributed by atoms with Crippen LogP contribution in [-0.4, -0.2) is 26.8 Å². The second-order valence-electron chi connectivity index (χ2n) is 7.05. The van der Waals surface area contributed by atoms with Gasteiger partial charge in [0.05, 0.1) is 22.5 Å². The van der Waals surface area contributed by atoms with Crippen molar-refractivity contribution in [3.63, 3.8) is 0 Å². The van der Waals surface area contributed by atoms with Gasteiger partial charge in [0.1, 0.15) is 5.82 Å². The Labute approximate surface area is 168 Å².